The second kappa shape index (κ2) is 5.13. The molecule has 1 rings (SSSR count). The van der Waals surface area contributed by atoms with Gasteiger partial charge in [-0.3, -0.25) is 0 Å². The Morgan fingerprint density at radius 3 is 3.15 bits per heavy atom. The summed E-state index contributed by atoms with van der Waals surface area (Å²) >= 11 is 0. The Kier molecular flexibility index (Phi) is 3.75. The van der Waals surface area contributed by atoms with Gasteiger partial charge in [-0.25, -0.2) is 9.78 Å². The van der Waals surface area contributed by atoms with Gasteiger partial charge < -0.3 is 9.30 Å². The number of hydrogen-bond acceptors (Lipinski definition) is 3. The van der Waals surface area contributed by atoms with Crippen molar-refractivity contribution in [3.8, 4) is 0 Å². The van der Waals surface area contributed by atoms with E-state index in [-0.39, 0.29) is 5.97 Å². The molecule has 0 N–H and O–H groups in total. The van der Waals surface area contributed by atoms with Crippen LogP contribution in [-0.4, -0.2) is 22.1 Å². The van der Waals surface area contributed by atoms with Gasteiger partial charge in [0.15, 0.2) is 0 Å². The van der Waals surface area contributed by atoms with E-state index in [2.05, 4.69) is 4.98 Å². The molecule has 0 radical (unpaired) electrons. The van der Waals surface area contributed by atoms with Crippen LogP contribution in [0.3, 0.4) is 0 Å². The minimum absolute atomic E-state index is 0.303. The lowest BCUT2D eigenvalue weighted by Gasteiger charge is -1.95. The lowest BCUT2D eigenvalue weighted by atomic mass is 10.5. The van der Waals surface area contributed by atoms with Gasteiger partial charge in [0.2, 0.25) is 0 Å². The van der Waals surface area contributed by atoms with Gasteiger partial charge in [0.1, 0.15) is 0 Å². The summed E-state index contributed by atoms with van der Waals surface area (Å²) in [6.07, 6.45) is 8.37. The summed E-state index contributed by atoms with van der Waals surface area (Å²) in [5, 5.41) is 0. The number of hydrogen-bond donors (Lipinski definition) is 0. The van der Waals surface area contributed by atoms with Crippen LogP contribution in [0.15, 0.2) is 30.9 Å². The lowest BCUT2D eigenvalue weighted by Crippen LogP contribution is -2.00. The van der Waals surface area contributed by atoms with Crippen LogP contribution in [0.4, 0.5) is 0 Å². The first-order chi connectivity index (χ1) is 6.33. The Morgan fingerprint density at radius 2 is 2.54 bits per heavy atom. The van der Waals surface area contributed by atoms with Crippen LogP contribution in [0.2, 0.25) is 0 Å². The van der Waals surface area contributed by atoms with Crippen molar-refractivity contribution in [3.63, 3.8) is 0 Å². The van der Waals surface area contributed by atoms with Crippen molar-refractivity contribution in [2.45, 2.75) is 13.5 Å². The molecule has 1 aromatic rings. The van der Waals surface area contributed by atoms with Gasteiger partial charge in [0.25, 0.3) is 0 Å². The second-order valence-corrected chi connectivity index (χ2v) is 2.41. The van der Waals surface area contributed by atoms with Crippen LogP contribution in [0.25, 0.3) is 0 Å². The van der Waals surface area contributed by atoms with Gasteiger partial charge in [0.05, 0.1) is 12.9 Å². The van der Waals surface area contributed by atoms with Crippen molar-refractivity contribution in [2.75, 3.05) is 6.61 Å². The Bertz CT molecular complexity index is 278. The maximum Gasteiger partial charge on any atom is 0.330 e. The number of carbonyl (C=O) groups excluding carboxylic acids is 1. The Balaban J connectivity index is 2.29. The molecule has 1 heterocycles. The van der Waals surface area contributed by atoms with Crippen LogP contribution in [-0.2, 0) is 16.1 Å². The van der Waals surface area contributed by atoms with Gasteiger partial charge in [-0.05, 0) is 6.92 Å². The number of esters is 1. The zero-order valence-electron chi connectivity index (χ0n) is 7.51. The lowest BCUT2D eigenvalue weighted by molar-refractivity contribution is -0.137. The Hall–Kier alpha value is -1.58. The molecule has 0 saturated heterocycles. The summed E-state index contributed by atoms with van der Waals surface area (Å²) in [4.78, 5) is 14.7. The van der Waals surface area contributed by atoms with Crippen molar-refractivity contribution in [1.29, 1.82) is 0 Å². The number of nitrogens with zero attached hydrogens (tertiary/aromatic N) is 2. The minimum Gasteiger partial charge on any atom is -0.463 e. The van der Waals surface area contributed by atoms with E-state index >= 15 is 0 Å². The molecule has 0 aromatic carbocycles. The fourth-order valence-corrected chi connectivity index (χ4v) is 0.856. The summed E-state index contributed by atoms with van der Waals surface area (Å²) in [5.74, 6) is -0.303. The molecular weight excluding hydrogens is 168 g/mol. The predicted molar refractivity (Wildman–Crippen MR) is 48.0 cm³/mol. The molecule has 0 atom stereocenters. The van der Waals surface area contributed by atoms with Crippen molar-refractivity contribution in [1.82, 2.24) is 9.55 Å². The summed E-state index contributed by atoms with van der Waals surface area (Å²) in [5.41, 5.74) is 0. The molecule has 0 unspecified atom stereocenters. The predicted octanol–water partition coefficient (Wildman–Crippen LogP) is 1.00. The normalized spacial score (nSPS) is 10.5. The highest BCUT2D eigenvalue weighted by atomic mass is 16.5. The second-order valence-electron chi connectivity index (χ2n) is 2.41. The number of ether oxygens (including phenoxy) is 1. The van der Waals surface area contributed by atoms with Crippen molar-refractivity contribution < 1.29 is 9.53 Å². The Morgan fingerprint density at radius 1 is 1.69 bits per heavy atom. The van der Waals surface area contributed by atoms with E-state index in [1.807, 2.05) is 10.8 Å². The topological polar surface area (TPSA) is 44.1 Å². The van der Waals surface area contributed by atoms with Gasteiger partial charge in [0, 0.05) is 25.0 Å². The van der Waals surface area contributed by atoms with Crippen molar-refractivity contribution in [2.24, 2.45) is 0 Å². The first kappa shape index (κ1) is 9.51. The fraction of sp³-hybridized carbons (Fsp3) is 0.333. The van der Waals surface area contributed by atoms with Gasteiger partial charge >= 0.3 is 5.97 Å². The monoisotopic (exact) mass is 180 g/mol. The number of rotatable bonds is 4. The summed E-state index contributed by atoms with van der Waals surface area (Å²) in [6.45, 7) is 2.83. The number of aromatic nitrogens is 2. The van der Waals surface area contributed by atoms with Crippen molar-refractivity contribution >= 4 is 5.97 Å². The first-order valence-electron chi connectivity index (χ1n) is 4.12. The van der Waals surface area contributed by atoms with Gasteiger partial charge in [-0.1, -0.05) is 6.08 Å². The third-order valence-electron chi connectivity index (χ3n) is 1.42. The van der Waals surface area contributed by atoms with Crippen LogP contribution in [0, 0.1) is 0 Å². The van der Waals surface area contributed by atoms with Crippen LogP contribution in [0.5, 0.6) is 0 Å². The van der Waals surface area contributed by atoms with Crippen molar-refractivity contribution in [3.05, 3.63) is 30.9 Å². The molecule has 0 bridgehead atoms. The molecule has 0 spiro atoms. The third kappa shape index (κ3) is 3.55. The summed E-state index contributed by atoms with van der Waals surface area (Å²) in [6, 6.07) is 0. The molecule has 0 fully saturated rings. The van der Waals surface area contributed by atoms with Crippen LogP contribution in [0.1, 0.15) is 6.92 Å². The Labute approximate surface area is 76.8 Å². The molecule has 4 heteroatoms. The zero-order chi connectivity index (χ0) is 9.52. The molecule has 0 amide bonds. The summed E-state index contributed by atoms with van der Waals surface area (Å²) < 4.78 is 6.57. The van der Waals surface area contributed by atoms with Crippen LogP contribution < -0.4 is 0 Å². The van der Waals surface area contributed by atoms with E-state index in [9.17, 15) is 4.79 Å². The maximum absolute atomic E-state index is 10.8. The van der Waals surface area contributed by atoms with Gasteiger partial charge in [-0.15, -0.1) is 0 Å². The average Bonchev–Trinajstić information content (AvgIpc) is 2.57. The van der Waals surface area contributed by atoms with E-state index in [0.29, 0.717) is 13.2 Å². The SMILES string of the molecule is CCOC(=O)/C=C\Cn1ccnc1. The first-order valence-corrected chi connectivity index (χ1v) is 4.12. The molecule has 0 aliphatic heterocycles. The number of carbonyl (C=O) groups is 1. The molecule has 0 aliphatic rings. The van der Waals surface area contributed by atoms with Gasteiger partial charge in [-0.2, -0.15) is 0 Å². The van der Waals surface area contributed by atoms with E-state index in [0.717, 1.165) is 0 Å². The summed E-state index contributed by atoms with van der Waals surface area (Å²) in [7, 11) is 0. The molecule has 1 aromatic heterocycles. The highest BCUT2D eigenvalue weighted by molar-refractivity contribution is 5.81. The zero-order valence-corrected chi connectivity index (χ0v) is 7.51. The standard InChI is InChI=1S/C9H12N2O2/c1-2-13-9(12)4-3-6-11-7-5-10-8-11/h3-5,7-8H,2,6H2,1H3/b4-3-. The molecule has 4 nitrogen and oxygen atoms in total. The molecule has 70 valence electrons. The molecule has 13 heavy (non-hydrogen) atoms. The third-order valence-corrected chi connectivity index (χ3v) is 1.42. The highest BCUT2D eigenvalue weighted by Gasteiger charge is 1.91. The number of allylic oxidation sites excluding steroid dienone is 1. The largest absolute Gasteiger partial charge is 0.463 e. The molecular formula is C9H12N2O2. The maximum atomic E-state index is 10.8. The minimum atomic E-state index is -0.303. The van der Waals surface area contributed by atoms with Crippen LogP contribution >= 0.6 is 0 Å². The van der Waals surface area contributed by atoms with E-state index < -0.39 is 0 Å². The number of imidazole rings is 1. The fourth-order valence-electron chi connectivity index (χ4n) is 0.856. The van der Waals surface area contributed by atoms with E-state index in [1.165, 1.54) is 6.08 Å². The average molecular weight is 180 g/mol. The van der Waals surface area contributed by atoms with E-state index in [4.69, 9.17) is 4.74 Å². The molecule has 0 aliphatic carbocycles. The smallest absolute Gasteiger partial charge is 0.330 e. The highest BCUT2D eigenvalue weighted by Crippen LogP contribution is 1.88. The molecule has 0 saturated carbocycles. The van der Waals surface area contributed by atoms with E-state index in [1.54, 1.807) is 25.5 Å². The quantitative estimate of drug-likeness (QED) is 0.513.